The van der Waals surface area contributed by atoms with Gasteiger partial charge in [-0.25, -0.2) is 0 Å². The summed E-state index contributed by atoms with van der Waals surface area (Å²) in [7, 11) is 1.54. The van der Waals surface area contributed by atoms with Crippen LogP contribution < -0.4 is 24.8 Å². The Kier molecular flexibility index (Phi) is 5.64. The van der Waals surface area contributed by atoms with Crippen molar-refractivity contribution in [2.45, 2.75) is 6.92 Å². The third kappa shape index (κ3) is 4.08. The second-order valence-corrected chi connectivity index (χ2v) is 6.49. The molecule has 0 radical (unpaired) electrons. The Morgan fingerprint density at radius 3 is 2.46 bits per heavy atom. The molecule has 0 bridgehead atoms. The summed E-state index contributed by atoms with van der Waals surface area (Å²) in [6.07, 6.45) is 0. The van der Waals surface area contributed by atoms with Crippen molar-refractivity contribution in [2.75, 3.05) is 37.5 Å². The molecule has 2 aromatic rings. The van der Waals surface area contributed by atoms with E-state index in [0.717, 1.165) is 5.56 Å². The third-order valence-corrected chi connectivity index (χ3v) is 4.55. The first-order chi connectivity index (χ1) is 12.5. The minimum Gasteiger partial charge on any atom is -0.495 e. The fourth-order valence-corrected chi connectivity index (χ4v) is 2.85. The fourth-order valence-electron chi connectivity index (χ4n) is 2.50. The van der Waals surface area contributed by atoms with Crippen LogP contribution >= 0.6 is 23.2 Å². The van der Waals surface area contributed by atoms with Crippen molar-refractivity contribution < 1.29 is 19.0 Å². The van der Waals surface area contributed by atoms with Gasteiger partial charge in [0.05, 0.1) is 30.1 Å². The first-order valence-corrected chi connectivity index (χ1v) is 8.70. The van der Waals surface area contributed by atoms with Crippen molar-refractivity contribution in [1.29, 1.82) is 0 Å². The summed E-state index contributed by atoms with van der Waals surface area (Å²) in [5.74, 6) is 1.42. The first-order valence-electron chi connectivity index (χ1n) is 7.95. The minimum atomic E-state index is -0.266. The van der Waals surface area contributed by atoms with Crippen LogP contribution in [-0.2, 0) is 4.79 Å². The summed E-state index contributed by atoms with van der Waals surface area (Å²) in [6.45, 7) is 2.84. The Hall–Kier alpha value is -2.31. The molecule has 0 aliphatic carbocycles. The molecule has 1 heterocycles. The highest BCUT2D eigenvalue weighted by atomic mass is 35.5. The number of ether oxygens (including phenoxy) is 3. The topological polar surface area (TPSA) is 68.8 Å². The molecule has 2 N–H and O–H groups in total. The van der Waals surface area contributed by atoms with Crippen LogP contribution in [-0.4, -0.2) is 32.8 Å². The standard InChI is InChI=1S/C18H18Cl2N2O4/c1-10-5-14(15(24-2)6-11(10)19)21-9-18(23)22-13-8-17-16(7-12(13)20)25-3-4-26-17/h5-8,21H,3-4,9H2,1-2H3,(H,22,23). The minimum absolute atomic E-state index is 0.0300. The average Bonchev–Trinajstić information content (AvgIpc) is 2.63. The Morgan fingerprint density at radius 1 is 1.08 bits per heavy atom. The zero-order valence-corrected chi connectivity index (χ0v) is 15.8. The molecule has 2 aromatic carbocycles. The smallest absolute Gasteiger partial charge is 0.243 e. The van der Waals surface area contributed by atoms with Crippen molar-refractivity contribution in [3.05, 3.63) is 39.9 Å². The zero-order chi connectivity index (χ0) is 18.7. The van der Waals surface area contributed by atoms with Gasteiger partial charge in [-0.05, 0) is 18.6 Å². The number of rotatable bonds is 5. The lowest BCUT2D eigenvalue weighted by molar-refractivity contribution is -0.114. The molecule has 1 aliphatic rings. The van der Waals surface area contributed by atoms with Crippen LogP contribution in [0.5, 0.6) is 17.2 Å². The molecule has 1 amide bonds. The number of aryl methyl sites for hydroxylation is 1. The number of benzene rings is 2. The van der Waals surface area contributed by atoms with Gasteiger partial charge in [-0.2, -0.15) is 0 Å². The first kappa shape index (κ1) is 18.5. The summed E-state index contributed by atoms with van der Waals surface area (Å²) < 4.78 is 16.2. The summed E-state index contributed by atoms with van der Waals surface area (Å²) >= 11 is 12.3. The van der Waals surface area contributed by atoms with Gasteiger partial charge in [0.2, 0.25) is 5.91 Å². The number of anilines is 2. The van der Waals surface area contributed by atoms with E-state index in [-0.39, 0.29) is 12.5 Å². The molecule has 6 nitrogen and oxygen atoms in total. The predicted octanol–water partition coefficient (Wildman–Crippen LogP) is 4.13. The molecule has 0 unspecified atom stereocenters. The summed E-state index contributed by atoms with van der Waals surface area (Å²) in [5.41, 5.74) is 2.02. The van der Waals surface area contributed by atoms with Gasteiger partial charge in [0.25, 0.3) is 0 Å². The number of hydrogen-bond acceptors (Lipinski definition) is 5. The van der Waals surface area contributed by atoms with Gasteiger partial charge in [-0.3, -0.25) is 4.79 Å². The second kappa shape index (κ2) is 7.93. The number of carbonyl (C=O) groups is 1. The summed E-state index contributed by atoms with van der Waals surface area (Å²) in [4.78, 5) is 12.3. The molecule has 0 aromatic heterocycles. The van der Waals surface area contributed by atoms with E-state index >= 15 is 0 Å². The zero-order valence-electron chi connectivity index (χ0n) is 14.3. The molecule has 0 saturated heterocycles. The summed E-state index contributed by atoms with van der Waals surface area (Å²) in [6, 6.07) is 6.81. The number of amides is 1. The summed E-state index contributed by atoms with van der Waals surface area (Å²) in [5, 5.41) is 6.77. The second-order valence-electron chi connectivity index (χ2n) is 5.68. The Morgan fingerprint density at radius 2 is 1.77 bits per heavy atom. The van der Waals surface area contributed by atoms with E-state index in [2.05, 4.69) is 10.6 Å². The SMILES string of the molecule is COc1cc(Cl)c(C)cc1NCC(=O)Nc1cc2c(cc1Cl)OCCO2. The molecule has 8 heteroatoms. The molecular weight excluding hydrogens is 379 g/mol. The quantitative estimate of drug-likeness (QED) is 0.794. The molecular formula is C18H18Cl2N2O4. The predicted molar refractivity (Wildman–Crippen MR) is 102 cm³/mol. The van der Waals surface area contributed by atoms with E-state index in [1.54, 1.807) is 25.3 Å². The van der Waals surface area contributed by atoms with Gasteiger partial charge >= 0.3 is 0 Å². The maximum absolute atomic E-state index is 12.3. The molecule has 0 atom stereocenters. The fraction of sp³-hybridized carbons (Fsp3) is 0.278. The Bertz CT molecular complexity index is 842. The van der Waals surface area contributed by atoms with Crippen LogP contribution in [0.3, 0.4) is 0 Å². The Balaban J connectivity index is 1.67. The van der Waals surface area contributed by atoms with Crippen molar-refractivity contribution in [3.63, 3.8) is 0 Å². The van der Waals surface area contributed by atoms with E-state index < -0.39 is 0 Å². The largest absolute Gasteiger partial charge is 0.495 e. The van der Waals surface area contributed by atoms with Gasteiger partial charge in [0, 0.05) is 23.2 Å². The molecule has 0 spiro atoms. The van der Waals surface area contributed by atoms with E-state index in [4.69, 9.17) is 37.4 Å². The molecule has 0 saturated carbocycles. The lowest BCUT2D eigenvalue weighted by Gasteiger charge is -2.20. The lowest BCUT2D eigenvalue weighted by atomic mass is 10.2. The third-order valence-electron chi connectivity index (χ3n) is 3.83. The van der Waals surface area contributed by atoms with E-state index in [1.165, 1.54) is 0 Å². The lowest BCUT2D eigenvalue weighted by Crippen LogP contribution is -2.22. The molecule has 1 aliphatic heterocycles. The molecule has 26 heavy (non-hydrogen) atoms. The van der Waals surface area contributed by atoms with E-state index in [9.17, 15) is 4.79 Å². The van der Waals surface area contributed by atoms with Crippen LogP contribution in [0.1, 0.15) is 5.56 Å². The van der Waals surface area contributed by atoms with Gasteiger partial charge in [0.15, 0.2) is 11.5 Å². The number of methoxy groups -OCH3 is 1. The maximum atomic E-state index is 12.3. The van der Waals surface area contributed by atoms with E-state index in [0.29, 0.717) is 51.9 Å². The highest BCUT2D eigenvalue weighted by Gasteiger charge is 2.16. The number of nitrogens with one attached hydrogen (secondary N) is 2. The highest BCUT2D eigenvalue weighted by molar-refractivity contribution is 6.34. The van der Waals surface area contributed by atoms with Crippen LogP contribution in [0.15, 0.2) is 24.3 Å². The van der Waals surface area contributed by atoms with E-state index in [1.807, 2.05) is 13.0 Å². The van der Waals surface area contributed by atoms with Crippen LogP contribution in [0.2, 0.25) is 10.0 Å². The van der Waals surface area contributed by atoms with Gasteiger partial charge < -0.3 is 24.8 Å². The van der Waals surface area contributed by atoms with Crippen molar-refractivity contribution >= 4 is 40.5 Å². The molecule has 0 fully saturated rings. The van der Waals surface area contributed by atoms with Gasteiger partial charge in [-0.1, -0.05) is 23.2 Å². The number of carbonyl (C=O) groups excluding carboxylic acids is 1. The number of halogens is 2. The average molecular weight is 397 g/mol. The number of hydrogen-bond donors (Lipinski definition) is 2. The van der Waals surface area contributed by atoms with Crippen LogP contribution in [0, 0.1) is 6.92 Å². The van der Waals surface area contributed by atoms with Gasteiger partial charge in [-0.15, -0.1) is 0 Å². The maximum Gasteiger partial charge on any atom is 0.243 e. The van der Waals surface area contributed by atoms with Gasteiger partial charge in [0.1, 0.15) is 19.0 Å². The highest BCUT2D eigenvalue weighted by Crippen LogP contribution is 2.38. The van der Waals surface area contributed by atoms with Crippen molar-refractivity contribution in [1.82, 2.24) is 0 Å². The number of fused-ring (bicyclic) bond motifs is 1. The van der Waals surface area contributed by atoms with Crippen LogP contribution in [0.4, 0.5) is 11.4 Å². The normalized spacial score (nSPS) is 12.5. The monoisotopic (exact) mass is 396 g/mol. The van der Waals surface area contributed by atoms with Crippen LogP contribution in [0.25, 0.3) is 0 Å². The molecule has 3 rings (SSSR count). The van der Waals surface area contributed by atoms with Crippen molar-refractivity contribution in [2.24, 2.45) is 0 Å². The Labute approximate surface area is 161 Å². The molecule has 138 valence electrons. The van der Waals surface area contributed by atoms with Crippen molar-refractivity contribution in [3.8, 4) is 17.2 Å².